The predicted molar refractivity (Wildman–Crippen MR) is 93.6 cm³/mol. The highest BCUT2D eigenvalue weighted by atomic mass is 35.5. The van der Waals surface area contributed by atoms with Gasteiger partial charge in [-0.1, -0.05) is 23.7 Å². The van der Waals surface area contributed by atoms with E-state index in [1.165, 1.54) is 0 Å². The maximum absolute atomic E-state index is 12.3. The molecule has 1 saturated heterocycles. The minimum Gasteiger partial charge on any atom is -0.393 e. The highest BCUT2D eigenvalue weighted by Crippen LogP contribution is 2.22. The van der Waals surface area contributed by atoms with E-state index < -0.39 is 0 Å². The van der Waals surface area contributed by atoms with Gasteiger partial charge in [0, 0.05) is 13.1 Å². The second kappa shape index (κ2) is 7.23. The molecule has 1 aromatic heterocycles. The minimum absolute atomic E-state index is 0.141. The Morgan fingerprint density at radius 1 is 1.38 bits per heavy atom. The van der Waals surface area contributed by atoms with Crippen molar-refractivity contribution in [1.29, 1.82) is 0 Å². The molecule has 0 bridgehead atoms. The fraction of sp³-hybridized carbons (Fsp3) is 0.412. The molecule has 24 heavy (non-hydrogen) atoms. The molecule has 1 fully saturated rings. The van der Waals surface area contributed by atoms with Crippen LogP contribution in [0.2, 0.25) is 5.02 Å². The van der Waals surface area contributed by atoms with E-state index in [1.54, 1.807) is 28.0 Å². The number of rotatable bonds is 3. The number of likely N-dealkylation sites (tertiary alicyclic amines) is 1. The second-order valence-corrected chi connectivity index (χ2v) is 6.53. The molecule has 7 heteroatoms. The van der Waals surface area contributed by atoms with Gasteiger partial charge in [0.1, 0.15) is 0 Å². The fourth-order valence-corrected chi connectivity index (χ4v) is 3.17. The number of amides is 2. The SMILES string of the molecule is CC(O)C1CCN(C(=O)Nc2cnn(-c3ccccc3Cl)c2)CC1. The number of nitrogens with zero attached hydrogens (tertiary/aromatic N) is 3. The van der Waals surface area contributed by atoms with E-state index in [2.05, 4.69) is 10.4 Å². The molecule has 3 rings (SSSR count). The number of aromatic nitrogens is 2. The molecule has 2 aromatic rings. The van der Waals surface area contributed by atoms with E-state index in [0.29, 0.717) is 23.8 Å². The lowest BCUT2D eigenvalue weighted by molar-refractivity contribution is 0.0820. The van der Waals surface area contributed by atoms with Crippen molar-refractivity contribution >= 4 is 23.3 Å². The molecule has 1 atom stereocenters. The maximum atomic E-state index is 12.3. The Bertz CT molecular complexity index is 708. The summed E-state index contributed by atoms with van der Waals surface area (Å²) >= 11 is 6.16. The summed E-state index contributed by atoms with van der Waals surface area (Å²) in [5.41, 5.74) is 1.38. The predicted octanol–water partition coefficient (Wildman–Crippen LogP) is 3.15. The number of nitrogens with one attached hydrogen (secondary N) is 1. The number of halogens is 1. The van der Waals surface area contributed by atoms with Crippen LogP contribution in [0.3, 0.4) is 0 Å². The van der Waals surface area contributed by atoms with Crippen molar-refractivity contribution in [2.75, 3.05) is 18.4 Å². The summed E-state index contributed by atoms with van der Waals surface area (Å²) in [6.07, 6.45) is 4.67. The maximum Gasteiger partial charge on any atom is 0.321 e. The first-order valence-electron chi connectivity index (χ1n) is 8.08. The third kappa shape index (κ3) is 3.71. The largest absolute Gasteiger partial charge is 0.393 e. The molecule has 1 aromatic carbocycles. The lowest BCUT2D eigenvalue weighted by Crippen LogP contribution is -2.42. The molecular weight excluding hydrogens is 328 g/mol. The van der Waals surface area contributed by atoms with E-state index in [1.807, 2.05) is 25.1 Å². The summed E-state index contributed by atoms with van der Waals surface area (Å²) in [6.45, 7) is 3.11. The lowest BCUT2D eigenvalue weighted by atomic mass is 9.92. The molecule has 0 aliphatic carbocycles. The van der Waals surface area contributed by atoms with Crippen LogP contribution >= 0.6 is 11.6 Å². The van der Waals surface area contributed by atoms with Gasteiger partial charge in [0.25, 0.3) is 0 Å². The minimum atomic E-state index is -0.316. The molecule has 0 saturated carbocycles. The Labute approximate surface area is 146 Å². The Hall–Kier alpha value is -2.05. The second-order valence-electron chi connectivity index (χ2n) is 6.12. The van der Waals surface area contributed by atoms with Gasteiger partial charge in [0.05, 0.1) is 34.9 Å². The van der Waals surface area contributed by atoms with Crippen molar-refractivity contribution in [3.63, 3.8) is 0 Å². The first kappa shape index (κ1) is 16.8. The quantitative estimate of drug-likeness (QED) is 0.895. The lowest BCUT2D eigenvalue weighted by Gasteiger charge is -2.33. The van der Waals surface area contributed by atoms with Gasteiger partial charge in [-0.2, -0.15) is 5.10 Å². The number of anilines is 1. The van der Waals surface area contributed by atoms with Gasteiger partial charge in [0.2, 0.25) is 0 Å². The van der Waals surface area contributed by atoms with Gasteiger partial charge in [-0.3, -0.25) is 0 Å². The normalized spacial score (nSPS) is 16.9. The van der Waals surface area contributed by atoms with Gasteiger partial charge >= 0.3 is 6.03 Å². The first-order valence-corrected chi connectivity index (χ1v) is 8.46. The van der Waals surface area contributed by atoms with Crippen molar-refractivity contribution in [3.05, 3.63) is 41.7 Å². The summed E-state index contributed by atoms with van der Waals surface area (Å²) in [5, 5.41) is 17.3. The van der Waals surface area contributed by atoms with Crippen LogP contribution in [-0.2, 0) is 0 Å². The van der Waals surface area contributed by atoms with E-state index in [0.717, 1.165) is 18.5 Å². The van der Waals surface area contributed by atoms with Crippen LogP contribution in [0.4, 0.5) is 10.5 Å². The highest BCUT2D eigenvalue weighted by molar-refractivity contribution is 6.32. The van der Waals surface area contributed by atoms with Crippen LogP contribution in [0.1, 0.15) is 19.8 Å². The van der Waals surface area contributed by atoms with Crippen molar-refractivity contribution in [1.82, 2.24) is 14.7 Å². The molecule has 128 valence electrons. The van der Waals surface area contributed by atoms with Crippen LogP contribution in [0.15, 0.2) is 36.7 Å². The number of aliphatic hydroxyl groups excluding tert-OH is 1. The van der Waals surface area contributed by atoms with Crippen molar-refractivity contribution in [3.8, 4) is 5.69 Å². The number of hydrogen-bond acceptors (Lipinski definition) is 3. The summed E-state index contributed by atoms with van der Waals surface area (Å²) in [6, 6.07) is 7.26. The topological polar surface area (TPSA) is 70.4 Å². The van der Waals surface area contributed by atoms with Gasteiger partial charge < -0.3 is 15.3 Å². The molecule has 1 aliphatic rings. The van der Waals surface area contributed by atoms with Crippen molar-refractivity contribution in [2.45, 2.75) is 25.9 Å². The summed E-state index contributed by atoms with van der Waals surface area (Å²) < 4.78 is 1.64. The standard InChI is InChI=1S/C17H21ClN4O2/c1-12(23)13-6-8-21(9-7-13)17(24)20-14-10-19-22(11-14)16-5-3-2-4-15(16)18/h2-5,10-13,23H,6-9H2,1H3,(H,20,24). The van der Waals surface area contributed by atoms with E-state index in [4.69, 9.17) is 11.6 Å². The van der Waals surface area contributed by atoms with Crippen molar-refractivity contribution in [2.24, 2.45) is 5.92 Å². The Kier molecular flexibility index (Phi) is 5.06. The summed E-state index contributed by atoms with van der Waals surface area (Å²) in [5.74, 6) is 0.275. The number of hydrogen-bond donors (Lipinski definition) is 2. The third-order valence-corrected chi connectivity index (χ3v) is 4.76. The van der Waals surface area contributed by atoms with Crippen LogP contribution in [0.5, 0.6) is 0 Å². The number of carbonyl (C=O) groups excluding carboxylic acids is 1. The Morgan fingerprint density at radius 3 is 2.75 bits per heavy atom. The smallest absolute Gasteiger partial charge is 0.321 e. The fourth-order valence-electron chi connectivity index (χ4n) is 2.94. The molecule has 6 nitrogen and oxygen atoms in total. The van der Waals surface area contributed by atoms with Crippen LogP contribution in [0.25, 0.3) is 5.69 Å². The number of benzene rings is 1. The number of urea groups is 1. The Morgan fingerprint density at radius 2 is 2.08 bits per heavy atom. The van der Waals surface area contributed by atoms with Crippen LogP contribution < -0.4 is 5.32 Å². The highest BCUT2D eigenvalue weighted by Gasteiger charge is 2.25. The molecule has 2 N–H and O–H groups in total. The average molecular weight is 349 g/mol. The molecule has 1 aliphatic heterocycles. The Balaban J connectivity index is 1.61. The number of para-hydroxylation sites is 1. The number of aliphatic hydroxyl groups is 1. The molecule has 0 radical (unpaired) electrons. The molecule has 1 unspecified atom stereocenters. The van der Waals surface area contributed by atoms with Gasteiger partial charge in [-0.15, -0.1) is 0 Å². The summed E-state index contributed by atoms with van der Waals surface area (Å²) in [4.78, 5) is 14.1. The van der Waals surface area contributed by atoms with E-state index in [-0.39, 0.29) is 18.1 Å². The monoisotopic (exact) mass is 348 g/mol. The van der Waals surface area contributed by atoms with Crippen LogP contribution in [-0.4, -0.2) is 45.0 Å². The third-order valence-electron chi connectivity index (χ3n) is 4.44. The van der Waals surface area contributed by atoms with Crippen molar-refractivity contribution < 1.29 is 9.90 Å². The van der Waals surface area contributed by atoms with Gasteiger partial charge in [0.15, 0.2) is 0 Å². The summed E-state index contributed by atoms with van der Waals surface area (Å²) in [7, 11) is 0. The molecular formula is C17H21ClN4O2. The zero-order chi connectivity index (χ0) is 17.1. The van der Waals surface area contributed by atoms with E-state index >= 15 is 0 Å². The molecule has 2 amide bonds. The first-order chi connectivity index (χ1) is 11.5. The van der Waals surface area contributed by atoms with Crippen LogP contribution in [0, 0.1) is 5.92 Å². The number of piperidine rings is 1. The van der Waals surface area contributed by atoms with Gasteiger partial charge in [-0.25, -0.2) is 9.48 Å². The zero-order valence-electron chi connectivity index (χ0n) is 13.5. The molecule has 0 spiro atoms. The zero-order valence-corrected chi connectivity index (χ0v) is 14.3. The van der Waals surface area contributed by atoms with Gasteiger partial charge in [-0.05, 0) is 37.8 Å². The average Bonchev–Trinajstić information content (AvgIpc) is 3.03. The number of carbonyl (C=O) groups is 1. The van der Waals surface area contributed by atoms with E-state index in [9.17, 15) is 9.90 Å². The molecule has 2 heterocycles.